The first-order valence-corrected chi connectivity index (χ1v) is 4.15. The molecule has 4 heteroatoms. The molecular formula is C8H14O4. The summed E-state index contributed by atoms with van der Waals surface area (Å²) in [5, 5.41) is 0. The first-order valence-electron chi connectivity index (χ1n) is 4.15. The van der Waals surface area contributed by atoms with Gasteiger partial charge in [0.25, 0.3) is 0 Å². The Balaban J connectivity index is 2.01. The Hall–Kier alpha value is -0.160. The van der Waals surface area contributed by atoms with Gasteiger partial charge in [0.1, 0.15) is 24.4 Å². The minimum absolute atomic E-state index is 0.0694. The standard InChI is InChI=1S/C8H14O4/c1-9-5-3-11-8-6(10-2)4-12-7(5)8/h5-8H,3-4H2,1-2H3/t5-,6-,7-,8-/m0/s1. The van der Waals surface area contributed by atoms with Crippen molar-refractivity contribution >= 4 is 0 Å². The van der Waals surface area contributed by atoms with E-state index in [1.165, 1.54) is 0 Å². The van der Waals surface area contributed by atoms with Crippen LogP contribution in [0.2, 0.25) is 0 Å². The van der Waals surface area contributed by atoms with Crippen molar-refractivity contribution in [2.45, 2.75) is 24.4 Å². The van der Waals surface area contributed by atoms with Crippen molar-refractivity contribution in [2.24, 2.45) is 0 Å². The highest BCUT2D eigenvalue weighted by Gasteiger charge is 2.48. The third-order valence-corrected chi connectivity index (χ3v) is 2.57. The van der Waals surface area contributed by atoms with Gasteiger partial charge in [0.15, 0.2) is 0 Å². The normalized spacial score (nSPS) is 46.5. The van der Waals surface area contributed by atoms with Crippen LogP contribution in [-0.4, -0.2) is 51.8 Å². The molecule has 0 aromatic rings. The van der Waals surface area contributed by atoms with E-state index in [1.807, 2.05) is 0 Å². The van der Waals surface area contributed by atoms with E-state index in [4.69, 9.17) is 18.9 Å². The molecule has 70 valence electrons. The summed E-state index contributed by atoms with van der Waals surface area (Å²) in [6.45, 7) is 1.23. The second-order valence-electron chi connectivity index (χ2n) is 3.14. The molecule has 0 radical (unpaired) electrons. The lowest BCUT2D eigenvalue weighted by atomic mass is 10.1. The molecule has 0 unspecified atom stereocenters. The van der Waals surface area contributed by atoms with Gasteiger partial charge in [-0.25, -0.2) is 0 Å². The summed E-state index contributed by atoms with van der Waals surface area (Å²) >= 11 is 0. The van der Waals surface area contributed by atoms with Gasteiger partial charge in [-0.1, -0.05) is 0 Å². The zero-order valence-electron chi connectivity index (χ0n) is 7.36. The molecule has 0 aliphatic carbocycles. The average Bonchev–Trinajstić information content (AvgIpc) is 2.62. The highest BCUT2D eigenvalue weighted by molar-refractivity contribution is 4.95. The molecule has 2 fully saturated rings. The van der Waals surface area contributed by atoms with Gasteiger partial charge in [-0.05, 0) is 0 Å². The second-order valence-corrected chi connectivity index (χ2v) is 3.14. The van der Waals surface area contributed by atoms with Crippen LogP contribution in [0.15, 0.2) is 0 Å². The molecule has 2 heterocycles. The predicted molar refractivity (Wildman–Crippen MR) is 41.1 cm³/mol. The predicted octanol–water partition coefficient (Wildman–Crippen LogP) is -0.186. The van der Waals surface area contributed by atoms with Crippen molar-refractivity contribution in [3.05, 3.63) is 0 Å². The molecule has 2 rings (SSSR count). The lowest BCUT2D eigenvalue weighted by Gasteiger charge is -2.14. The van der Waals surface area contributed by atoms with Crippen molar-refractivity contribution in [2.75, 3.05) is 27.4 Å². The van der Waals surface area contributed by atoms with E-state index in [9.17, 15) is 0 Å². The fraction of sp³-hybridized carbons (Fsp3) is 1.00. The van der Waals surface area contributed by atoms with Crippen LogP contribution in [0.3, 0.4) is 0 Å². The first kappa shape index (κ1) is 8.44. The fourth-order valence-electron chi connectivity index (χ4n) is 1.83. The minimum atomic E-state index is 0.0694. The van der Waals surface area contributed by atoms with E-state index >= 15 is 0 Å². The second kappa shape index (κ2) is 3.30. The van der Waals surface area contributed by atoms with Crippen molar-refractivity contribution in [3.8, 4) is 0 Å². The Morgan fingerprint density at radius 1 is 0.917 bits per heavy atom. The largest absolute Gasteiger partial charge is 0.376 e. The van der Waals surface area contributed by atoms with Crippen molar-refractivity contribution < 1.29 is 18.9 Å². The molecule has 0 spiro atoms. The summed E-state index contributed by atoms with van der Waals surface area (Å²) in [6.07, 6.45) is 0.296. The highest BCUT2D eigenvalue weighted by atomic mass is 16.6. The van der Waals surface area contributed by atoms with Crippen molar-refractivity contribution in [1.29, 1.82) is 0 Å². The number of ether oxygens (including phenoxy) is 4. The lowest BCUT2D eigenvalue weighted by Crippen LogP contribution is -2.32. The van der Waals surface area contributed by atoms with Gasteiger partial charge in [-0.2, -0.15) is 0 Å². The number of fused-ring (bicyclic) bond motifs is 1. The molecule has 0 aromatic heterocycles. The van der Waals surface area contributed by atoms with E-state index in [1.54, 1.807) is 14.2 Å². The number of methoxy groups -OCH3 is 2. The SMILES string of the molecule is CO[C@H]1CO[C@@H]2[C@H]1OC[C@@H]2OC. The lowest BCUT2D eigenvalue weighted by molar-refractivity contribution is -0.0267. The molecule has 0 saturated carbocycles. The maximum atomic E-state index is 5.51. The third kappa shape index (κ3) is 1.15. The Bertz CT molecular complexity index is 143. The maximum Gasteiger partial charge on any atom is 0.115 e. The van der Waals surface area contributed by atoms with Gasteiger partial charge in [-0.15, -0.1) is 0 Å². The van der Waals surface area contributed by atoms with Gasteiger partial charge in [0, 0.05) is 14.2 Å². The molecule has 12 heavy (non-hydrogen) atoms. The molecule has 2 aliphatic heterocycles. The van der Waals surface area contributed by atoms with Gasteiger partial charge in [0.05, 0.1) is 13.2 Å². The molecule has 0 bridgehead atoms. The van der Waals surface area contributed by atoms with Crippen LogP contribution in [0, 0.1) is 0 Å². The summed E-state index contributed by atoms with van der Waals surface area (Å²) < 4.78 is 21.4. The molecule has 2 aliphatic rings. The molecule has 0 amide bonds. The van der Waals surface area contributed by atoms with E-state index in [0.717, 1.165) is 0 Å². The Morgan fingerprint density at radius 2 is 1.33 bits per heavy atom. The van der Waals surface area contributed by atoms with Crippen molar-refractivity contribution in [3.63, 3.8) is 0 Å². The zero-order valence-corrected chi connectivity index (χ0v) is 7.36. The third-order valence-electron chi connectivity index (χ3n) is 2.57. The molecular weight excluding hydrogens is 160 g/mol. The fourth-order valence-corrected chi connectivity index (χ4v) is 1.83. The van der Waals surface area contributed by atoms with Gasteiger partial charge in [0.2, 0.25) is 0 Å². The van der Waals surface area contributed by atoms with E-state index in [2.05, 4.69) is 0 Å². The van der Waals surface area contributed by atoms with E-state index in [-0.39, 0.29) is 24.4 Å². The maximum absolute atomic E-state index is 5.51. The topological polar surface area (TPSA) is 36.9 Å². The zero-order chi connectivity index (χ0) is 8.55. The van der Waals surface area contributed by atoms with Crippen LogP contribution in [0.1, 0.15) is 0 Å². The molecule has 4 atom stereocenters. The summed E-state index contributed by atoms with van der Waals surface area (Å²) in [5.74, 6) is 0. The average molecular weight is 174 g/mol. The summed E-state index contributed by atoms with van der Waals surface area (Å²) in [7, 11) is 3.36. The van der Waals surface area contributed by atoms with Gasteiger partial charge < -0.3 is 18.9 Å². The first-order chi connectivity index (χ1) is 5.86. The van der Waals surface area contributed by atoms with Crippen LogP contribution in [0.25, 0.3) is 0 Å². The summed E-state index contributed by atoms with van der Waals surface area (Å²) in [5.41, 5.74) is 0. The molecule has 4 nitrogen and oxygen atoms in total. The Morgan fingerprint density at radius 3 is 1.67 bits per heavy atom. The van der Waals surface area contributed by atoms with E-state index in [0.29, 0.717) is 13.2 Å². The van der Waals surface area contributed by atoms with Gasteiger partial charge >= 0.3 is 0 Å². The summed E-state index contributed by atoms with van der Waals surface area (Å²) in [4.78, 5) is 0. The van der Waals surface area contributed by atoms with Crippen LogP contribution in [0.5, 0.6) is 0 Å². The van der Waals surface area contributed by atoms with Crippen LogP contribution in [-0.2, 0) is 18.9 Å². The Labute approximate surface area is 71.7 Å². The monoisotopic (exact) mass is 174 g/mol. The Kier molecular flexibility index (Phi) is 2.32. The number of hydrogen-bond donors (Lipinski definition) is 0. The smallest absolute Gasteiger partial charge is 0.115 e. The number of hydrogen-bond acceptors (Lipinski definition) is 4. The highest BCUT2D eigenvalue weighted by Crippen LogP contribution is 2.29. The molecule has 2 saturated heterocycles. The van der Waals surface area contributed by atoms with E-state index < -0.39 is 0 Å². The van der Waals surface area contributed by atoms with Crippen molar-refractivity contribution in [1.82, 2.24) is 0 Å². The number of rotatable bonds is 2. The molecule has 0 aromatic carbocycles. The van der Waals surface area contributed by atoms with Crippen LogP contribution < -0.4 is 0 Å². The minimum Gasteiger partial charge on any atom is -0.376 e. The summed E-state index contributed by atoms with van der Waals surface area (Å²) in [6, 6.07) is 0. The van der Waals surface area contributed by atoms with Crippen LogP contribution >= 0.6 is 0 Å². The molecule has 0 N–H and O–H groups in total. The quantitative estimate of drug-likeness (QED) is 0.581. The van der Waals surface area contributed by atoms with Gasteiger partial charge in [-0.3, -0.25) is 0 Å². The van der Waals surface area contributed by atoms with Crippen LogP contribution in [0.4, 0.5) is 0 Å².